The Morgan fingerprint density at radius 1 is 1.50 bits per heavy atom. The molecular formula is C14H17N3O. The maximum absolute atomic E-state index is 11.7. The average molecular weight is 243 g/mol. The van der Waals surface area contributed by atoms with E-state index in [-0.39, 0.29) is 5.91 Å². The zero-order valence-corrected chi connectivity index (χ0v) is 10.5. The molecule has 1 saturated carbocycles. The summed E-state index contributed by atoms with van der Waals surface area (Å²) in [6.07, 6.45) is 2.88. The molecule has 2 N–H and O–H groups in total. The van der Waals surface area contributed by atoms with Crippen LogP contribution in [-0.2, 0) is 4.79 Å². The number of anilines is 1. The molecule has 0 unspecified atom stereocenters. The van der Waals surface area contributed by atoms with Gasteiger partial charge in [0.1, 0.15) is 6.07 Å². The lowest BCUT2D eigenvalue weighted by Gasteiger charge is -2.09. The predicted octanol–water partition coefficient (Wildman–Crippen LogP) is 1.95. The SMILES string of the molecule is Cc1cccc(NC(=O)CCNC2CC2)c1C#N. The van der Waals surface area contributed by atoms with Crippen molar-refractivity contribution in [2.24, 2.45) is 0 Å². The predicted molar refractivity (Wildman–Crippen MR) is 70.2 cm³/mol. The third-order valence-electron chi connectivity index (χ3n) is 3.02. The molecule has 0 atom stereocenters. The molecule has 1 aromatic carbocycles. The number of rotatable bonds is 5. The van der Waals surface area contributed by atoms with E-state index in [0.717, 1.165) is 5.56 Å². The molecule has 1 aromatic rings. The molecule has 0 radical (unpaired) electrons. The number of aryl methyl sites for hydroxylation is 1. The van der Waals surface area contributed by atoms with Crippen molar-refractivity contribution >= 4 is 11.6 Å². The average Bonchev–Trinajstić information content (AvgIpc) is 3.13. The van der Waals surface area contributed by atoms with Gasteiger partial charge in [-0.25, -0.2) is 0 Å². The molecule has 0 saturated heterocycles. The Labute approximate surface area is 107 Å². The van der Waals surface area contributed by atoms with Crippen molar-refractivity contribution in [1.82, 2.24) is 5.32 Å². The van der Waals surface area contributed by atoms with Gasteiger partial charge in [-0.3, -0.25) is 4.79 Å². The summed E-state index contributed by atoms with van der Waals surface area (Å²) in [6, 6.07) is 8.21. The summed E-state index contributed by atoms with van der Waals surface area (Å²) in [5, 5.41) is 15.1. The molecule has 0 aromatic heterocycles. The number of nitrogens with zero attached hydrogens (tertiary/aromatic N) is 1. The number of benzene rings is 1. The summed E-state index contributed by atoms with van der Waals surface area (Å²) in [6.45, 7) is 2.56. The molecule has 94 valence electrons. The highest BCUT2D eigenvalue weighted by Crippen LogP contribution is 2.19. The Morgan fingerprint density at radius 3 is 2.94 bits per heavy atom. The Morgan fingerprint density at radius 2 is 2.28 bits per heavy atom. The monoisotopic (exact) mass is 243 g/mol. The van der Waals surface area contributed by atoms with E-state index in [1.165, 1.54) is 12.8 Å². The Kier molecular flexibility index (Phi) is 3.96. The van der Waals surface area contributed by atoms with Crippen molar-refractivity contribution in [3.8, 4) is 6.07 Å². The van der Waals surface area contributed by atoms with Crippen LogP contribution in [0.4, 0.5) is 5.69 Å². The summed E-state index contributed by atoms with van der Waals surface area (Å²) in [7, 11) is 0. The number of carbonyl (C=O) groups excluding carboxylic acids is 1. The Bertz CT molecular complexity index is 486. The van der Waals surface area contributed by atoms with Crippen LogP contribution in [-0.4, -0.2) is 18.5 Å². The van der Waals surface area contributed by atoms with Crippen LogP contribution in [0, 0.1) is 18.3 Å². The number of hydrogen-bond acceptors (Lipinski definition) is 3. The van der Waals surface area contributed by atoms with Crippen LogP contribution in [0.25, 0.3) is 0 Å². The van der Waals surface area contributed by atoms with E-state index in [1.54, 1.807) is 6.07 Å². The molecule has 0 spiro atoms. The van der Waals surface area contributed by atoms with Crippen LogP contribution < -0.4 is 10.6 Å². The van der Waals surface area contributed by atoms with Crippen LogP contribution in [0.3, 0.4) is 0 Å². The summed E-state index contributed by atoms with van der Waals surface area (Å²) < 4.78 is 0. The molecule has 0 heterocycles. The number of nitrogens with one attached hydrogen (secondary N) is 2. The van der Waals surface area contributed by atoms with E-state index < -0.39 is 0 Å². The van der Waals surface area contributed by atoms with Crippen LogP contribution in [0.15, 0.2) is 18.2 Å². The highest BCUT2D eigenvalue weighted by atomic mass is 16.1. The lowest BCUT2D eigenvalue weighted by molar-refractivity contribution is -0.116. The summed E-state index contributed by atoms with van der Waals surface area (Å²) in [5.74, 6) is -0.0507. The van der Waals surface area contributed by atoms with Crippen molar-refractivity contribution in [2.45, 2.75) is 32.2 Å². The number of nitriles is 1. The quantitative estimate of drug-likeness (QED) is 0.830. The highest BCUT2D eigenvalue weighted by molar-refractivity contribution is 5.92. The number of amides is 1. The zero-order chi connectivity index (χ0) is 13.0. The standard InChI is InChI=1S/C14H17N3O/c1-10-3-2-4-13(12(10)9-15)17-14(18)7-8-16-11-5-6-11/h2-4,11,16H,5-8H2,1H3,(H,17,18). The first-order chi connectivity index (χ1) is 8.70. The van der Waals surface area contributed by atoms with Crippen molar-refractivity contribution in [1.29, 1.82) is 5.26 Å². The molecule has 0 bridgehead atoms. The minimum Gasteiger partial charge on any atom is -0.325 e. The van der Waals surface area contributed by atoms with Crippen LogP contribution in [0.5, 0.6) is 0 Å². The third-order valence-corrected chi connectivity index (χ3v) is 3.02. The van der Waals surface area contributed by atoms with E-state index in [9.17, 15) is 4.79 Å². The molecule has 1 fully saturated rings. The molecule has 1 aliphatic rings. The van der Waals surface area contributed by atoms with Gasteiger partial charge in [-0.1, -0.05) is 12.1 Å². The maximum Gasteiger partial charge on any atom is 0.225 e. The molecule has 4 nitrogen and oxygen atoms in total. The van der Waals surface area contributed by atoms with Crippen molar-refractivity contribution in [3.05, 3.63) is 29.3 Å². The van der Waals surface area contributed by atoms with E-state index in [2.05, 4.69) is 16.7 Å². The van der Waals surface area contributed by atoms with Gasteiger partial charge < -0.3 is 10.6 Å². The van der Waals surface area contributed by atoms with Gasteiger partial charge in [-0.05, 0) is 31.4 Å². The molecule has 1 aliphatic carbocycles. The van der Waals surface area contributed by atoms with Gasteiger partial charge >= 0.3 is 0 Å². The van der Waals surface area contributed by atoms with Crippen molar-refractivity contribution < 1.29 is 4.79 Å². The van der Waals surface area contributed by atoms with Crippen molar-refractivity contribution in [3.63, 3.8) is 0 Å². The fourth-order valence-corrected chi connectivity index (χ4v) is 1.81. The Hall–Kier alpha value is -1.86. The molecule has 2 rings (SSSR count). The van der Waals surface area contributed by atoms with Crippen LogP contribution in [0.1, 0.15) is 30.4 Å². The normalized spacial score (nSPS) is 14.0. The molecule has 1 amide bonds. The van der Waals surface area contributed by atoms with Gasteiger partial charge in [0.2, 0.25) is 5.91 Å². The van der Waals surface area contributed by atoms with Crippen LogP contribution >= 0.6 is 0 Å². The second kappa shape index (κ2) is 5.65. The second-order valence-corrected chi connectivity index (χ2v) is 4.64. The van der Waals surface area contributed by atoms with E-state index >= 15 is 0 Å². The van der Waals surface area contributed by atoms with E-state index in [4.69, 9.17) is 5.26 Å². The Balaban J connectivity index is 1.89. The van der Waals surface area contributed by atoms with Gasteiger partial charge in [-0.2, -0.15) is 5.26 Å². The minimum atomic E-state index is -0.0507. The third kappa shape index (κ3) is 3.31. The highest BCUT2D eigenvalue weighted by Gasteiger charge is 2.20. The van der Waals surface area contributed by atoms with Gasteiger partial charge in [0, 0.05) is 19.0 Å². The molecular weight excluding hydrogens is 226 g/mol. The summed E-state index contributed by atoms with van der Waals surface area (Å²) in [4.78, 5) is 11.7. The van der Waals surface area contributed by atoms with E-state index in [0.29, 0.717) is 30.3 Å². The fraction of sp³-hybridized carbons (Fsp3) is 0.429. The van der Waals surface area contributed by atoms with Gasteiger partial charge in [0.15, 0.2) is 0 Å². The maximum atomic E-state index is 11.7. The van der Waals surface area contributed by atoms with Gasteiger partial charge in [0.25, 0.3) is 0 Å². The van der Waals surface area contributed by atoms with Crippen LogP contribution in [0.2, 0.25) is 0 Å². The summed E-state index contributed by atoms with van der Waals surface area (Å²) >= 11 is 0. The van der Waals surface area contributed by atoms with Gasteiger partial charge in [-0.15, -0.1) is 0 Å². The molecule has 4 heteroatoms. The lowest BCUT2D eigenvalue weighted by Crippen LogP contribution is -2.23. The first-order valence-electron chi connectivity index (χ1n) is 6.23. The minimum absolute atomic E-state index is 0.0507. The molecule has 0 aliphatic heterocycles. The second-order valence-electron chi connectivity index (χ2n) is 4.64. The number of carbonyl (C=O) groups is 1. The lowest BCUT2D eigenvalue weighted by atomic mass is 10.1. The largest absolute Gasteiger partial charge is 0.325 e. The topological polar surface area (TPSA) is 64.9 Å². The molecule has 18 heavy (non-hydrogen) atoms. The van der Waals surface area contributed by atoms with Gasteiger partial charge in [0.05, 0.1) is 11.3 Å². The zero-order valence-electron chi connectivity index (χ0n) is 10.5. The number of hydrogen-bond donors (Lipinski definition) is 2. The first-order valence-corrected chi connectivity index (χ1v) is 6.23. The van der Waals surface area contributed by atoms with E-state index in [1.807, 2.05) is 19.1 Å². The first kappa shape index (κ1) is 12.6. The summed E-state index contributed by atoms with van der Waals surface area (Å²) in [5.41, 5.74) is 2.03. The smallest absolute Gasteiger partial charge is 0.225 e. The fourth-order valence-electron chi connectivity index (χ4n) is 1.81. The van der Waals surface area contributed by atoms with Crippen molar-refractivity contribution in [2.75, 3.05) is 11.9 Å².